The van der Waals surface area contributed by atoms with Gasteiger partial charge in [0.15, 0.2) is 0 Å². The standard InChI is InChI=1S/C26H22/c1-19-9-7-11-21(17-19)23-13-3-5-15-25(23)26-16-6-4-14-24(26)22-12-8-10-20(2)18-22/h3-18H,1-2H3. The van der Waals surface area contributed by atoms with E-state index in [1.54, 1.807) is 0 Å². The van der Waals surface area contributed by atoms with Crippen molar-refractivity contribution in [2.45, 2.75) is 13.8 Å². The van der Waals surface area contributed by atoms with Crippen LogP contribution in [0.4, 0.5) is 0 Å². The summed E-state index contributed by atoms with van der Waals surface area (Å²) in [4.78, 5) is 0. The van der Waals surface area contributed by atoms with E-state index in [2.05, 4.69) is 111 Å². The van der Waals surface area contributed by atoms with Crippen LogP contribution in [0.3, 0.4) is 0 Å². The van der Waals surface area contributed by atoms with Crippen molar-refractivity contribution in [1.82, 2.24) is 0 Å². The van der Waals surface area contributed by atoms with Crippen molar-refractivity contribution in [3.63, 3.8) is 0 Å². The molecule has 126 valence electrons. The van der Waals surface area contributed by atoms with Crippen molar-refractivity contribution >= 4 is 0 Å². The predicted molar refractivity (Wildman–Crippen MR) is 112 cm³/mol. The van der Waals surface area contributed by atoms with Crippen LogP contribution in [0.15, 0.2) is 97.1 Å². The van der Waals surface area contributed by atoms with Gasteiger partial charge in [-0.15, -0.1) is 0 Å². The molecule has 0 saturated heterocycles. The number of benzene rings is 4. The maximum Gasteiger partial charge on any atom is -0.00992 e. The summed E-state index contributed by atoms with van der Waals surface area (Å²) < 4.78 is 0. The van der Waals surface area contributed by atoms with Crippen LogP contribution in [0.2, 0.25) is 0 Å². The first-order valence-corrected chi connectivity index (χ1v) is 9.05. The second-order valence-corrected chi connectivity index (χ2v) is 6.83. The molecular formula is C26H22. The van der Waals surface area contributed by atoms with Crippen LogP contribution in [0, 0.1) is 13.8 Å². The molecule has 0 heteroatoms. The molecule has 0 atom stereocenters. The summed E-state index contributed by atoms with van der Waals surface area (Å²) in [6, 6.07) is 34.9. The number of hydrogen-bond acceptors (Lipinski definition) is 0. The highest BCUT2D eigenvalue weighted by atomic mass is 14.2. The summed E-state index contributed by atoms with van der Waals surface area (Å²) in [7, 11) is 0. The zero-order valence-corrected chi connectivity index (χ0v) is 15.2. The molecule has 4 aromatic rings. The van der Waals surface area contributed by atoms with Crippen LogP contribution >= 0.6 is 0 Å². The molecule has 0 saturated carbocycles. The largest absolute Gasteiger partial charge is 0.0616 e. The molecule has 0 aliphatic rings. The van der Waals surface area contributed by atoms with E-state index in [4.69, 9.17) is 0 Å². The van der Waals surface area contributed by atoms with Gasteiger partial charge in [-0.1, -0.05) is 108 Å². The molecule has 0 bridgehead atoms. The second-order valence-electron chi connectivity index (χ2n) is 6.83. The highest BCUT2D eigenvalue weighted by Crippen LogP contribution is 2.38. The molecule has 0 fully saturated rings. The fourth-order valence-electron chi connectivity index (χ4n) is 3.56. The molecule has 0 aromatic heterocycles. The van der Waals surface area contributed by atoms with Gasteiger partial charge in [-0.2, -0.15) is 0 Å². The first-order valence-electron chi connectivity index (χ1n) is 9.05. The van der Waals surface area contributed by atoms with Gasteiger partial charge in [0.25, 0.3) is 0 Å². The van der Waals surface area contributed by atoms with Gasteiger partial charge in [-0.25, -0.2) is 0 Å². The highest BCUT2D eigenvalue weighted by molar-refractivity contribution is 5.91. The van der Waals surface area contributed by atoms with Crippen molar-refractivity contribution in [2.24, 2.45) is 0 Å². The third-order valence-electron chi connectivity index (χ3n) is 4.80. The zero-order valence-electron chi connectivity index (χ0n) is 15.2. The maximum atomic E-state index is 2.26. The van der Waals surface area contributed by atoms with Crippen LogP contribution in [-0.2, 0) is 0 Å². The summed E-state index contributed by atoms with van der Waals surface area (Å²) in [5.41, 5.74) is 10.2. The quantitative estimate of drug-likeness (QED) is 0.368. The Hall–Kier alpha value is -3.12. The highest BCUT2D eigenvalue weighted by Gasteiger charge is 2.12. The predicted octanol–water partition coefficient (Wildman–Crippen LogP) is 7.30. The van der Waals surface area contributed by atoms with Gasteiger partial charge in [0, 0.05) is 0 Å². The molecule has 0 nitrogen and oxygen atoms in total. The monoisotopic (exact) mass is 334 g/mol. The van der Waals surface area contributed by atoms with Gasteiger partial charge in [0.2, 0.25) is 0 Å². The zero-order chi connectivity index (χ0) is 17.9. The van der Waals surface area contributed by atoms with E-state index in [9.17, 15) is 0 Å². The van der Waals surface area contributed by atoms with Crippen LogP contribution in [-0.4, -0.2) is 0 Å². The molecular weight excluding hydrogens is 312 g/mol. The lowest BCUT2D eigenvalue weighted by Crippen LogP contribution is -1.89. The summed E-state index contributed by atoms with van der Waals surface area (Å²) in [6.07, 6.45) is 0. The van der Waals surface area contributed by atoms with E-state index in [1.165, 1.54) is 44.5 Å². The molecule has 0 N–H and O–H groups in total. The van der Waals surface area contributed by atoms with E-state index in [1.807, 2.05) is 0 Å². The van der Waals surface area contributed by atoms with E-state index >= 15 is 0 Å². The number of aryl methyl sites for hydroxylation is 2. The van der Waals surface area contributed by atoms with Gasteiger partial charge in [-0.3, -0.25) is 0 Å². The molecule has 26 heavy (non-hydrogen) atoms. The number of rotatable bonds is 3. The van der Waals surface area contributed by atoms with E-state index in [0.717, 1.165) is 0 Å². The lowest BCUT2D eigenvalue weighted by molar-refractivity contribution is 1.46. The van der Waals surface area contributed by atoms with Crippen LogP contribution in [0.25, 0.3) is 33.4 Å². The Bertz CT molecular complexity index is 970. The van der Waals surface area contributed by atoms with Crippen LogP contribution < -0.4 is 0 Å². The Kier molecular flexibility index (Phi) is 4.41. The summed E-state index contributed by atoms with van der Waals surface area (Å²) in [5, 5.41) is 0. The van der Waals surface area contributed by atoms with Gasteiger partial charge < -0.3 is 0 Å². The minimum absolute atomic E-state index is 1.26. The smallest absolute Gasteiger partial charge is 0.00992 e. The third-order valence-corrected chi connectivity index (χ3v) is 4.80. The van der Waals surface area contributed by atoms with E-state index < -0.39 is 0 Å². The van der Waals surface area contributed by atoms with Gasteiger partial charge in [0.05, 0.1) is 0 Å². The van der Waals surface area contributed by atoms with Crippen molar-refractivity contribution in [1.29, 1.82) is 0 Å². The maximum absolute atomic E-state index is 2.26. The Balaban J connectivity index is 1.93. The second kappa shape index (κ2) is 7.01. The summed E-state index contributed by atoms with van der Waals surface area (Å²) >= 11 is 0. The Morgan fingerprint density at radius 2 is 0.769 bits per heavy atom. The number of hydrogen-bond donors (Lipinski definition) is 0. The minimum Gasteiger partial charge on any atom is -0.0616 e. The van der Waals surface area contributed by atoms with Crippen LogP contribution in [0.5, 0.6) is 0 Å². The molecule has 4 aromatic carbocycles. The molecule has 0 spiro atoms. The average Bonchev–Trinajstić information content (AvgIpc) is 2.68. The van der Waals surface area contributed by atoms with Crippen LogP contribution in [0.1, 0.15) is 11.1 Å². The van der Waals surface area contributed by atoms with Crippen molar-refractivity contribution in [3.8, 4) is 33.4 Å². The lowest BCUT2D eigenvalue weighted by Gasteiger charge is -2.15. The molecule has 0 aliphatic carbocycles. The van der Waals surface area contributed by atoms with Gasteiger partial charge in [0.1, 0.15) is 0 Å². The van der Waals surface area contributed by atoms with Crippen molar-refractivity contribution < 1.29 is 0 Å². The van der Waals surface area contributed by atoms with Gasteiger partial charge in [-0.05, 0) is 47.2 Å². The van der Waals surface area contributed by atoms with E-state index in [-0.39, 0.29) is 0 Å². The van der Waals surface area contributed by atoms with Crippen molar-refractivity contribution in [3.05, 3.63) is 108 Å². The molecule has 4 rings (SSSR count). The van der Waals surface area contributed by atoms with E-state index in [0.29, 0.717) is 0 Å². The summed E-state index contributed by atoms with van der Waals surface area (Å²) in [5.74, 6) is 0. The Labute approximate surface area is 155 Å². The Morgan fingerprint density at radius 3 is 1.15 bits per heavy atom. The first-order chi connectivity index (χ1) is 12.7. The molecule has 0 radical (unpaired) electrons. The SMILES string of the molecule is Cc1cccc(-c2ccccc2-c2ccccc2-c2cccc(C)c2)c1. The molecule has 0 heterocycles. The molecule has 0 aliphatic heterocycles. The van der Waals surface area contributed by atoms with Crippen molar-refractivity contribution in [2.75, 3.05) is 0 Å². The average molecular weight is 334 g/mol. The minimum atomic E-state index is 1.26. The topological polar surface area (TPSA) is 0 Å². The lowest BCUT2D eigenvalue weighted by atomic mass is 9.89. The fourth-order valence-corrected chi connectivity index (χ4v) is 3.56. The summed E-state index contributed by atoms with van der Waals surface area (Å²) in [6.45, 7) is 4.29. The molecule has 0 unspecified atom stereocenters. The normalized spacial score (nSPS) is 10.7. The first kappa shape index (κ1) is 16.4. The third kappa shape index (κ3) is 3.19. The Morgan fingerprint density at radius 1 is 0.385 bits per heavy atom. The molecule has 0 amide bonds. The van der Waals surface area contributed by atoms with Gasteiger partial charge >= 0.3 is 0 Å². The fraction of sp³-hybridized carbons (Fsp3) is 0.0769.